The predicted octanol–water partition coefficient (Wildman–Crippen LogP) is 3.53. The second-order valence-corrected chi connectivity index (χ2v) is 8.56. The van der Waals surface area contributed by atoms with Crippen molar-refractivity contribution in [1.29, 1.82) is 0 Å². The third-order valence-electron chi connectivity index (χ3n) is 5.91. The minimum atomic E-state index is -4.56. The van der Waals surface area contributed by atoms with Crippen LogP contribution in [0.25, 0.3) is 0 Å². The fourth-order valence-corrected chi connectivity index (χ4v) is 4.00. The van der Waals surface area contributed by atoms with E-state index in [-0.39, 0.29) is 42.1 Å². The van der Waals surface area contributed by atoms with Crippen LogP contribution in [0.1, 0.15) is 52.6 Å². The number of pyridine rings is 1. The zero-order valence-electron chi connectivity index (χ0n) is 19.0. The summed E-state index contributed by atoms with van der Waals surface area (Å²) in [5, 5.41) is 20.5. The molecule has 11 heteroatoms. The summed E-state index contributed by atoms with van der Waals surface area (Å²) in [6, 6.07) is 6.84. The molecule has 0 bridgehead atoms. The number of benzene rings is 1. The lowest BCUT2D eigenvalue weighted by Gasteiger charge is -2.21. The Kier molecular flexibility index (Phi) is 6.30. The molecule has 180 valence electrons. The second-order valence-electron chi connectivity index (χ2n) is 8.56. The minimum absolute atomic E-state index is 0.0207. The second kappa shape index (κ2) is 9.05. The minimum Gasteiger partial charge on any atom is -0.394 e. The van der Waals surface area contributed by atoms with Crippen molar-refractivity contribution in [3.8, 4) is 0 Å². The SMILES string of the molecule is C[C@H](CO)Nc1cc([C@H](C)Cc2nncn2C)cc(N2Cc3c(cccc3C(F)(F)F)C2=O)n1. The quantitative estimate of drug-likeness (QED) is 0.544. The lowest BCUT2D eigenvalue weighted by Crippen LogP contribution is -2.26. The van der Waals surface area contributed by atoms with Gasteiger partial charge in [0, 0.05) is 25.1 Å². The number of alkyl halides is 3. The number of aliphatic hydroxyl groups is 1. The molecule has 3 aromatic rings. The van der Waals surface area contributed by atoms with Gasteiger partial charge in [-0.15, -0.1) is 10.2 Å². The van der Waals surface area contributed by atoms with Gasteiger partial charge in [-0.3, -0.25) is 9.69 Å². The van der Waals surface area contributed by atoms with E-state index in [0.717, 1.165) is 17.5 Å². The van der Waals surface area contributed by atoms with Crippen molar-refractivity contribution < 1.29 is 23.1 Å². The summed E-state index contributed by atoms with van der Waals surface area (Å²) in [6.07, 6.45) is -2.40. The summed E-state index contributed by atoms with van der Waals surface area (Å²) < 4.78 is 42.4. The van der Waals surface area contributed by atoms with Gasteiger partial charge < -0.3 is 15.0 Å². The number of aromatic nitrogens is 4. The van der Waals surface area contributed by atoms with Gasteiger partial charge in [-0.1, -0.05) is 13.0 Å². The summed E-state index contributed by atoms with van der Waals surface area (Å²) in [4.78, 5) is 18.8. The summed E-state index contributed by atoms with van der Waals surface area (Å²) in [7, 11) is 1.84. The maximum atomic E-state index is 13.5. The fraction of sp³-hybridized carbons (Fsp3) is 0.391. The molecule has 2 N–H and O–H groups in total. The highest BCUT2D eigenvalue weighted by molar-refractivity contribution is 6.10. The van der Waals surface area contributed by atoms with E-state index in [4.69, 9.17) is 0 Å². The molecule has 0 spiro atoms. The molecule has 0 aliphatic carbocycles. The molecular formula is C23H25F3N6O2. The van der Waals surface area contributed by atoms with E-state index in [9.17, 15) is 23.1 Å². The first-order valence-electron chi connectivity index (χ1n) is 10.8. The van der Waals surface area contributed by atoms with Crippen molar-refractivity contribution in [2.45, 2.75) is 44.9 Å². The van der Waals surface area contributed by atoms with Gasteiger partial charge in [0.25, 0.3) is 5.91 Å². The third kappa shape index (κ3) is 4.60. The number of halogens is 3. The monoisotopic (exact) mass is 474 g/mol. The van der Waals surface area contributed by atoms with E-state index in [1.54, 1.807) is 19.3 Å². The van der Waals surface area contributed by atoms with Crippen molar-refractivity contribution in [3.05, 3.63) is 64.7 Å². The van der Waals surface area contributed by atoms with Gasteiger partial charge in [0.2, 0.25) is 0 Å². The number of anilines is 2. The van der Waals surface area contributed by atoms with E-state index in [0.29, 0.717) is 12.2 Å². The Labute approximate surface area is 194 Å². The van der Waals surface area contributed by atoms with E-state index in [1.807, 2.05) is 24.6 Å². The molecular weight excluding hydrogens is 449 g/mol. The van der Waals surface area contributed by atoms with E-state index in [1.165, 1.54) is 17.0 Å². The summed E-state index contributed by atoms with van der Waals surface area (Å²) >= 11 is 0. The largest absolute Gasteiger partial charge is 0.416 e. The molecule has 1 amide bonds. The van der Waals surface area contributed by atoms with Crippen molar-refractivity contribution in [3.63, 3.8) is 0 Å². The summed E-state index contributed by atoms with van der Waals surface area (Å²) in [5.74, 6) is 0.833. The van der Waals surface area contributed by atoms with Crippen LogP contribution in [-0.2, 0) is 26.2 Å². The van der Waals surface area contributed by atoms with Crippen LogP contribution in [0, 0.1) is 0 Å². The van der Waals surface area contributed by atoms with Gasteiger partial charge in [-0.05, 0) is 48.2 Å². The summed E-state index contributed by atoms with van der Waals surface area (Å²) in [6.45, 7) is 3.38. The van der Waals surface area contributed by atoms with Crippen molar-refractivity contribution >= 4 is 17.5 Å². The van der Waals surface area contributed by atoms with Gasteiger partial charge in [-0.2, -0.15) is 13.2 Å². The van der Waals surface area contributed by atoms with Crippen LogP contribution in [-0.4, -0.2) is 43.4 Å². The maximum Gasteiger partial charge on any atom is 0.416 e. The van der Waals surface area contributed by atoms with Crippen LogP contribution >= 0.6 is 0 Å². The zero-order chi connectivity index (χ0) is 24.6. The molecule has 0 saturated carbocycles. The number of nitrogens with one attached hydrogen (secondary N) is 1. The number of carbonyl (C=O) groups is 1. The van der Waals surface area contributed by atoms with Crippen molar-refractivity contribution in [2.24, 2.45) is 7.05 Å². The number of aliphatic hydroxyl groups excluding tert-OH is 1. The first kappa shape index (κ1) is 23.7. The number of nitrogens with zero attached hydrogens (tertiary/aromatic N) is 5. The van der Waals surface area contributed by atoms with Crippen LogP contribution in [0.15, 0.2) is 36.7 Å². The molecule has 0 radical (unpaired) electrons. The summed E-state index contributed by atoms with van der Waals surface area (Å²) in [5.41, 5.74) is -0.0367. The average molecular weight is 474 g/mol. The fourth-order valence-electron chi connectivity index (χ4n) is 4.00. The van der Waals surface area contributed by atoms with E-state index < -0.39 is 17.6 Å². The smallest absolute Gasteiger partial charge is 0.394 e. The van der Waals surface area contributed by atoms with Crippen LogP contribution in [0.3, 0.4) is 0 Å². The Balaban J connectivity index is 1.72. The number of rotatable bonds is 7. The number of aryl methyl sites for hydroxylation is 1. The van der Waals surface area contributed by atoms with Gasteiger partial charge in [-0.25, -0.2) is 4.98 Å². The Morgan fingerprint density at radius 3 is 2.65 bits per heavy atom. The maximum absolute atomic E-state index is 13.5. The molecule has 1 aliphatic heterocycles. The van der Waals surface area contributed by atoms with Crippen LogP contribution in [0.2, 0.25) is 0 Å². The zero-order valence-corrected chi connectivity index (χ0v) is 19.0. The normalized spacial score (nSPS) is 15.4. The topological polar surface area (TPSA) is 96.2 Å². The number of amides is 1. The molecule has 4 rings (SSSR count). The first-order valence-corrected chi connectivity index (χ1v) is 10.8. The molecule has 0 saturated heterocycles. The highest BCUT2D eigenvalue weighted by Gasteiger charge is 2.40. The van der Waals surface area contributed by atoms with Crippen LogP contribution in [0.4, 0.5) is 24.8 Å². The van der Waals surface area contributed by atoms with E-state index >= 15 is 0 Å². The van der Waals surface area contributed by atoms with Gasteiger partial charge in [0.1, 0.15) is 23.8 Å². The van der Waals surface area contributed by atoms with Crippen LogP contribution in [0.5, 0.6) is 0 Å². The number of hydrogen-bond acceptors (Lipinski definition) is 6. The van der Waals surface area contributed by atoms with Crippen LogP contribution < -0.4 is 10.2 Å². The first-order chi connectivity index (χ1) is 16.1. The number of hydrogen-bond donors (Lipinski definition) is 2. The number of fused-ring (bicyclic) bond motifs is 1. The Morgan fingerprint density at radius 1 is 1.24 bits per heavy atom. The standard InChI is InChI=1S/C23H25F3N6O2/c1-13(7-21-30-27-12-31(21)3)15-8-19(28-14(2)11-33)29-20(9-15)32-10-17-16(22(32)34)5-4-6-18(17)23(24,25)26/h4-6,8-9,12-14,33H,7,10-11H2,1-3H3,(H,28,29)/t13-,14-/m1/s1. The molecule has 8 nitrogen and oxygen atoms in total. The van der Waals surface area contributed by atoms with Crippen molar-refractivity contribution in [2.75, 3.05) is 16.8 Å². The Morgan fingerprint density at radius 2 is 2.00 bits per heavy atom. The molecule has 2 aromatic heterocycles. The van der Waals surface area contributed by atoms with Gasteiger partial charge in [0.05, 0.1) is 18.7 Å². The third-order valence-corrected chi connectivity index (χ3v) is 5.91. The highest BCUT2D eigenvalue weighted by Crippen LogP contribution is 2.39. The molecule has 2 atom stereocenters. The highest BCUT2D eigenvalue weighted by atomic mass is 19.4. The lowest BCUT2D eigenvalue weighted by atomic mass is 9.97. The molecule has 34 heavy (non-hydrogen) atoms. The van der Waals surface area contributed by atoms with E-state index in [2.05, 4.69) is 20.5 Å². The molecule has 0 unspecified atom stereocenters. The number of carbonyl (C=O) groups excluding carboxylic acids is 1. The van der Waals surface area contributed by atoms with Crippen molar-refractivity contribution in [1.82, 2.24) is 19.7 Å². The molecule has 0 fully saturated rings. The van der Waals surface area contributed by atoms with Gasteiger partial charge >= 0.3 is 6.18 Å². The molecule has 3 heterocycles. The molecule has 1 aliphatic rings. The molecule has 1 aromatic carbocycles. The predicted molar refractivity (Wildman–Crippen MR) is 119 cm³/mol. The Hall–Kier alpha value is -3.47. The van der Waals surface area contributed by atoms with Gasteiger partial charge in [0.15, 0.2) is 0 Å². The Bertz CT molecular complexity index is 1210. The average Bonchev–Trinajstić information content (AvgIpc) is 3.35. The lowest BCUT2D eigenvalue weighted by molar-refractivity contribution is -0.138.